The van der Waals surface area contributed by atoms with Crippen LogP contribution in [0.5, 0.6) is 0 Å². The lowest BCUT2D eigenvalue weighted by atomic mass is 9.84. The molecular formula is C38H51FN6O3S. The number of likely N-dealkylation sites (tertiary alicyclic amines) is 2. The van der Waals surface area contributed by atoms with Crippen LogP contribution in [0.25, 0.3) is 0 Å². The number of benzene rings is 1. The number of carbonyl (C=O) groups excluding carboxylic acids is 2. The summed E-state index contributed by atoms with van der Waals surface area (Å²) >= 11 is 1.05. The molecule has 5 rings (SSSR count). The number of rotatable bonds is 11. The largest absolute Gasteiger partial charge is 0.445 e. The lowest BCUT2D eigenvalue weighted by molar-refractivity contribution is 0.0799. The van der Waals surface area contributed by atoms with Crippen LogP contribution in [0.2, 0.25) is 0 Å². The van der Waals surface area contributed by atoms with Gasteiger partial charge in [-0.3, -0.25) is 9.52 Å². The second-order valence-corrected chi connectivity index (χ2v) is 16.0. The molecule has 11 heteroatoms. The van der Waals surface area contributed by atoms with Gasteiger partial charge in [-0.15, -0.1) is 0 Å². The van der Waals surface area contributed by atoms with E-state index in [-0.39, 0.29) is 35.3 Å². The van der Waals surface area contributed by atoms with Crippen LogP contribution in [0.4, 0.5) is 15.0 Å². The first kappa shape index (κ1) is 36.6. The van der Waals surface area contributed by atoms with Gasteiger partial charge in [0.2, 0.25) is 5.95 Å². The minimum Gasteiger partial charge on any atom is -0.445 e. The van der Waals surface area contributed by atoms with E-state index in [1.54, 1.807) is 6.07 Å². The molecule has 264 valence electrons. The number of aromatic nitrogens is 2. The molecule has 9 nitrogen and oxygen atoms in total. The Hall–Kier alpha value is -3.70. The van der Waals surface area contributed by atoms with Gasteiger partial charge in [-0.25, -0.2) is 14.8 Å². The lowest BCUT2D eigenvalue weighted by Gasteiger charge is -2.36. The third-order valence-electron chi connectivity index (χ3n) is 9.98. The van der Waals surface area contributed by atoms with Gasteiger partial charge >= 0.3 is 6.09 Å². The number of nitrogens with one attached hydrogen (secondary N) is 2. The fourth-order valence-corrected chi connectivity index (χ4v) is 7.41. The number of halogens is 1. The molecule has 2 unspecified atom stereocenters. The predicted molar refractivity (Wildman–Crippen MR) is 193 cm³/mol. The summed E-state index contributed by atoms with van der Waals surface area (Å²) < 4.78 is 23.1. The molecule has 2 N–H and O–H groups in total. The Labute approximate surface area is 294 Å². The monoisotopic (exact) mass is 690 g/mol. The summed E-state index contributed by atoms with van der Waals surface area (Å²) in [5.41, 5.74) is 1.33. The van der Waals surface area contributed by atoms with Gasteiger partial charge in [-0.1, -0.05) is 57.2 Å². The summed E-state index contributed by atoms with van der Waals surface area (Å²) in [4.78, 5) is 38.8. The van der Waals surface area contributed by atoms with E-state index < -0.39 is 11.9 Å². The molecule has 2 saturated heterocycles. The van der Waals surface area contributed by atoms with Crippen LogP contribution < -0.4 is 10.0 Å². The quantitative estimate of drug-likeness (QED) is 0.156. The van der Waals surface area contributed by atoms with E-state index in [1.807, 2.05) is 74.2 Å². The van der Waals surface area contributed by atoms with Gasteiger partial charge in [-0.2, -0.15) is 4.39 Å². The number of pyridine rings is 2. The number of carbonyl (C=O) groups is 2. The van der Waals surface area contributed by atoms with Gasteiger partial charge in [0.25, 0.3) is 5.91 Å². The SMILES string of the molecule is CN1CC(CCC(Nc2cccc(SNC(=O)c3ccc(C(C)(C)C)nc3F)n2)C2CCN(C(=O)OCc3ccccc3)CC2)CC1(C)C. The fraction of sp³-hybridized carbons (Fsp3) is 0.526. The zero-order valence-corrected chi connectivity index (χ0v) is 30.5. The second-order valence-electron chi connectivity index (χ2n) is 15.1. The summed E-state index contributed by atoms with van der Waals surface area (Å²) in [5, 5.41) is 4.32. The van der Waals surface area contributed by atoms with E-state index in [4.69, 9.17) is 9.72 Å². The summed E-state index contributed by atoms with van der Waals surface area (Å²) in [5.74, 6) is 0.348. The smallest absolute Gasteiger partial charge is 0.410 e. The average molecular weight is 691 g/mol. The highest BCUT2D eigenvalue weighted by Crippen LogP contribution is 2.35. The molecule has 2 aliphatic rings. The predicted octanol–water partition coefficient (Wildman–Crippen LogP) is 7.69. The van der Waals surface area contributed by atoms with Crippen molar-refractivity contribution < 1.29 is 18.7 Å². The summed E-state index contributed by atoms with van der Waals surface area (Å²) in [6.45, 7) is 13.1. The Balaban J connectivity index is 1.20. The number of anilines is 1. The zero-order valence-electron chi connectivity index (χ0n) is 29.7. The maximum absolute atomic E-state index is 14.7. The summed E-state index contributed by atoms with van der Waals surface area (Å²) in [7, 11) is 2.21. The first-order chi connectivity index (χ1) is 23.3. The van der Waals surface area contributed by atoms with Gasteiger partial charge in [0.15, 0.2) is 0 Å². The third-order valence-corrected chi connectivity index (χ3v) is 10.7. The first-order valence-corrected chi connectivity index (χ1v) is 18.1. The number of nitrogens with zero attached hydrogens (tertiary/aromatic N) is 4. The van der Waals surface area contributed by atoms with Gasteiger partial charge < -0.3 is 19.9 Å². The molecule has 2 fully saturated rings. The molecule has 0 bridgehead atoms. The van der Waals surface area contributed by atoms with Crippen molar-refractivity contribution in [2.45, 2.75) is 95.4 Å². The molecule has 0 radical (unpaired) electrons. The topological polar surface area (TPSA) is 99.7 Å². The summed E-state index contributed by atoms with van der Waals surface area (Å²) in [6, 6.07) is 18.7. The Morgan fingerprint density at radius 1 is 1.04 bits per heavy atom. The molecule has 2 amide bonds. The molecule has 3 aromatic rings. The van der Waals surface area contributed by atoms with Crippen LogP contribution in [-0.2, 0) is 16.8 Å². The minimum atomic E-state index is -0.788. The molecule has 0 aliphatic carbocycles. The highest BCUT2D eigenvalue weighted by atomic mass is 32.2. The molecule has 0 spiro atoms. The first-order valence-electron chi connectivity index (χ1n) is 17.3. The number of piperidine rings is 1. The van der Waals surface area contributed by atoms with Crippen LogP contribution in [0.3, 0.4) is 0 Å². The van der Waals surface area contributed by atoms with Crippen molar-refractivity contribution in [3.63, 3.8) is 0 Å². The van der Waals surface area contributed by atoms with Crippen LogP contribution in [0.1, 0.15) is 88.3 Å². The molecule has 2 atom stereocenters. The third kappa shape index (κ3) is 9.94. The molecule has 2 aliphatic heterocycles. The fourth-order valence-electron chi connectivity index (χ4n) is 6.81. The van der Waals surface area contributed by atoms with Gasteiger partial charge in [-0.05, 0) is 94.7 Å². The lowest BCUT2D eigenvalue weighted by Crippen LogP contribution is -2.43. The molecule has 0 saturated carbocycles. The molecular weight excluding hydrogens is 640 g/mol. The maximum Gasteiger partial charge on any atom is 0.410 e. The van der Waals surface area contributed by atoms with Crippen LogP contribution in [0, 0.1) is 17.8 Å². The summed E-state index contributed by atoms with van der Waals surface area (Å²) in [6.07, 6.45) is 4.73. The van der Waals surface area contributed by atoms with E-state index in [2.05, 4.69) is 40.8 Å². The number of amides is 2. The van der Waals surface area contributed by atoms with Crippen LogP contribution >= 0.6 is 11.9 Å². The van der Waals surface area contributed by atoms with Crippen molar-refractivity contribution >= 4 is 29.8 Å². The highest BCUT2D eigenvalue weighted by Gasteiger charge is 2.37. The van der Waals surface area contributed by atoms with E-state index in [9.17, 15) is 14.0 Å². The number of ether oxygens (including phenoxy) is 1. The Morgan fingerprint density at radius 2 is 1.78 bits per heavy atom. The van der Waals surface area contributed by atoms with Crippen molar-refractivity contribution in [2.24, 2.45) is 11.8 Å². The normalized spacial score (nSPS) is 19.0. The standard InChI is InChI=1S/C38H51FN6O3S/c1-37(2,3)31-18-16-29(34(39)41-31)35(46)43-49-33-14-10-13-32(42-33)40-30(17-15-27-23-38(4,5)44(6)24-27)28-19-21-45(22-20-28)36(47)48-25-26-11-8-7-9-12-26/h7-14,16,18,27-28,30H,15,17,19-25H2,1-6H3,(H,40,42)(H,43,46). The molecule has 1 aromatic carbocycles. The van der Waals surface area contributed by atoms with E-state index in [0.29, 0.717) is 35.6 Å². The van der Waals surface area contributed by atoms with Crippen molar-refractivity contribution in [2.75, 3.05) is 32.0 Å². The Morgan fingerprint density at radius 3 is 2.43 bits per heavy atom. The second kappa shape index (κ2) is 15.9. The molecule has 49 heavy (non-hydrogen) atoms. The van der Waals surface area contributed by atoms with Crippen LogP contribution in [-0.4, -0.2) is 70.0 Å². The zero-order chi connectivity index (χ0) is 35.2. The molecule has 2 aromatic heterocycles. The minimum absolute atomic E-state index is 0.106. The Bertz CT molecular complexity index is 1580. The highest BCUT2D eigenvalue weighted by molar-refractivity contribution is 7.97. The van der Waals surface area contributed by atoms with Gasteiger partial charge in [0, 0.05) is 54.3 Å². The van der Waals surface area contributed by atoms with Crippen LogP contribution in [0.15, 0.2) is 65.7 Å². The van der Waals surface area contributed by atoms with Gasteiger partial charge in [0.1, 0.15) is 17.5 Å². The van der Waals surface area contributed by atoms with Crippen molar-refractivity contribution in [3.05, 3.63) is 83.4 Å². The Kier molecular flexibility index (Phi) is 11.9. The molecule has 4 heterocycles. The van der Waals surface area contributed by atoms with Crippen molar-refractivity contribution in [1.82, 2.24) is 24.5 Å². The number of hydrogen-bond acceptors (Lipinski definition) is 8. The maximum atomic E-state index is 14.7. The van der Waals surface area contributed by atoms with E-state index in [0.717, 1.165) is 55.6 Å². The van der Waals surface area contributed by atoms with E-state index in [1.165, 1.54) is 12.5 Å². The van der Waals surface area contributed by atoms with E-state index >= 15 is 0 Å². The van der Waals surface area contributed by atoms with Crippen molar-refractivity contribution in [3.8, 4) is 0 Å². The number of hydrogen-bond donors (Lipinski definition) is 2. The average Bonchev–Trinajstić information content (AvgIpc) is 3.35. The van der Waals surface area contributed by atoms with Crippen molar-refractivity contribution in [1.29, 1.82) is 0 Å². The van der Waals surface area contributed by atoms with Gasteiger partial charge in [0.05, 0.1) is 5.56 Å².